The molecule has 0 bridgehead atoms. The van der Waals surface area contributed by atoms with Crippen LogP contribution in [0.2, 0.25) is 0 Å². The zero-order chi connectivity index (χ0) is 9.84. The molecule has 1 fully saturated rings. The van der Waals surface area contributed by atoms with Gasteiger partial charge in [-0.1, -0.05) is 0 Å². The Kier molecular flexibility index (Phi) is 3.59. The molecule has 0 spiro atoms. The zero-order valence-corrected chi connectivity index (χ0v) is 8.17. The summed E-state index contributed by atoms with van der Waals surface area (Å²) < 4.78 is 4.43. The van der Waals surface area contributed by atoms with Crippen molar-refractivity contribution in [1.82, 2.24) is 0 Å². The molecule has 0 aromatic heterocycles. The molecule has 1 saturated carbocycles. The van der Waals surface area contributed by atoms with Crippen LogP contribution in [0.25, 0.3) is 0 Å². The lowest BCUT2D eigenvalue weighted by atomic mass is 10.3. The largest absolute Gasteiger partial charge is 0.480 e. The topological polar surface area (TPSA) is 63.6 Å². The van der Waals surface area contributed by atoms with Gasteiger partial charge < -0.3 is 9.84 Å². The first-order valence-electron chi connectivity index (χ1n) is 4.06. The van der Waals surface area contributed by atoms with Gasteiger partial charge in [-0.05, 0) is 18.8 Å². The first-order valence-corrected chi connectivity index (χ1v) is 5.11. The number of thioether (sulfide) groups is 1. The van der Waals surface area contributed by atoms with E-state index in [9.17, 15) is 9.59 Å². The molecule has 1 N–H and O–H groups in total. The summed E-state index contributed by atoms with van der Waals surface area (Å²) in [4.78, 5) is 21.5. The Hall–Kier alpha value is -0.710. The molecule has 0 aromatic carbocycles. The van der Waals surface area contributed by atoms with E-state index in [4.69, 9.17) is 5.11 Å². The fourth-order valence-corrected chi connectivity index (χ4v) is 2.15. The third-order valence-corrected chi connectivity index (χ3v) is 3.25. The van der Waals surface area contributed by atoms with Crippen LogP contribution in [0.3, 0.4) is 0 Å². The van der Waals surface area contributed by atoms with Gasteiger partial charge in [0.05, 0.1) is 12.9 Å². The molecule has 5 heteroatoms. The minimum atomic E-state index is -0.823. The molecule has 1 rings (SSSR count). The van der Waals surface area contributed by atoms with Gasteiger partial charge in [-0.25, -0.2) is 0 Å². The maximum absolute atomic E-state index is 10.7. The molecule has 0 radical (unpaired) electrons. The van der Waals surface area contributed by atoms with E-state index in [0.717, 1.165) is 24.6 Å². The van der Waals surface area contributed by atoms with Crippen LogP contribution in [0.15, 0.2) is 0 Å². The molecule has 1 aliphatic carbocycles. The fourth-order valence-electron chi connectivity index (χ4n) is 1.02. The van der Waals surface area contributed by atoms with E-state index in [1.807, 2.05) is 0 Å². The molecule has 13 heavy (non-hydrogen) atoms. The molecule has 0 amide bonds. The fraction of sp³-hybridized carbons (Fsp3) is 0.750. The Morgan fingerprint density at radius 3 is 2.62 bits per heavy atom. The minimum Gasteiger partial charge on any atom is -0.480 e. The molecule has 0 aliphatic heterocycles. The van der Waals surface area contributed by atoms with E-state index in [0.29, 0.717) is 0 Å². The number of ether oxygens (including phenoxy) is 1. The van der Waals surface area contributed by atoms with Gasteiger partial charge in [0, 0.05) is 0 Å². The predicted octanol–water partition coefficient (Wildman–Crippen LogP) is 0.756. The van der Waals surface area contributed by atoms with Crippen molar-refractivity contribution in [1.29, 1.82) is 0 Å². The second-order valence-electron chi connectivity index (χ2n) is 2.98. The van der Waals surface area contributed by atoms with Crippen LogP contribution in [0.4, 0.5) is 0 Å². The number of aliphatic carboxylic acids is 1. The standard InChI is InChI=1S/C8H12O4S/c1-12-6(9)4-13-7(8(10)11)5-2-3-5/h5,7H,2-4H2,1H3,(H,10,11). The Labute approximate surface area is 80.6 Å². The average molecular weight is 204 g/mol. The maximum atomic E-state index is 10.7. The van der Waals surface area contributed by atoms with E-state index in [2.05, 4.69) is 4.74 Å². The molecule has 74 valence electrons. The molecule has 1 aliphatic rings. The first kappa shape index (κ1) is 10.4. The van der Waals surface area contributed by atoms with Crippen molar-refractivity contribution in [3.05, 3.63) is 0 Å². The van der Waals surface area contributed by atoms with Crippen molar-refractivity contribution >= 4 is 23.7 Å². The smallest absolute Gasteiger partial charge is 0.316 e. The van der Waals surface area contributed by atoms with Gasteiger partial charge in [0.25, 0.3) is 0 Å². The van der Waals surface area contributed by atoms with Crippen LogP contribution < -0.4 is 0 Å². The van der Waals surface area contributed by atoms with Crippen molar-refractivity contribution in [2.75, 3.05) is 12.9 Å². The lowest BCUT2D eigenvalue weighted by Crippen LogP contribution is -2.21. The zero-order valence-electron chi connectivity index (χ0n) is 7.36. The number of carbonyl (C=O) groups is 2. The van der Waals surface area contributed by atoms with Gasteiger partial charge in [-0.3, -0.25) is 9.59 Å². The van der Waals surface area contributed by atoms with E-state index in [-0.39, 0.29) is 17.6 Å². The highest BCUT2D eigenvalue weighted by Crippen LogP contribution is 2.39. The van der Waals surface area contributed by atoms with Crippen molar-refractivity contribution in [2.45, 2.75) is 18.1 Å². The summed E-state index contributed by atoms with van der Waals surface area (Å²) in [7, 11) is 1.30. The molecular weight excluding hydrogens is 192 g/mol. The average Bonchev–Trinajstić information content (AvgIpc) is 2.87. The number of methoxy groups -OCH3 is 1. The highest BCUT2D eigenvalue weighted by atomic mass is 32.2. The van der Waals surface area contributed by atoms with Crippen LogP contribution in [0.1, 0.15) is 12.8 Å². The van der Waals surface area contributed by atoms with Gasteiger partial charge in [0.1, 0.15) is 5.25 Å². The third-order valence-electron chi connectivity index (χ3n) is 1.90. The molecule has 0 aromatic rings. The summed E-state index contributed by atoms with van der Waals surface area (Å²) in [5.41, 5.74) is 0. The van der Waals surface area contributed by atoms with Gasteiger partial charge in [0.15, 0.2) is 0 Å². The molecule has 0 saturated heterocycles. The number of carbonyl (C=O) groups excluding carboxylic acids is 1. The summed E-state index contributed by atoms with van der Waals surface area (Å²) in [5, 5.41) is 8.36. The Morgan fingerprint density at radius 2 is 2.23 bits per heavy atom. The van der Waals surface area contributed by atoms with E-state index in [1.165, 1.54) is 7.11 Å². The summed E-state index contributed by atoms with van der Waals surface area (Å²) in [5.74, 6) is -0.801. The molecule has 4 nitrogen and oxygen atoms in total. The van der Waals surface area contributed by atoms with Crippen LogP contribution in [0.5, 0.6) is 0 Å². The lowest BCUT2D eigenvalue weighted by molar-refractivity contribution is -0.137. The second-order valence-corrected chi connectivity index (χ2v) is 4.11. The predicted molar refractivity (Wildman–Crippen MR) is 48.6 cm³/mol. The SMILES string of the molecule is COC(=O)CSC(C(=O)O)C1CC1. The van der Waals surface area contributed by atoms with E-state index < -0.39 is 11.2 Å². The molecular formula is C8H12O4S. The number of carboxylic acids is 1. The summed E-state index contributed by atoms with van der Waals surface area (Å²) >= 11 is 1.16. The van der Waals surface area contributed by atoms with Crippen molar-refractivity contribution < 1.29 is 19.4 Å². The molecule has 1 atom stereocenters. The monoisotopic (exact) mass is 204 g/mol. The summed E-state index contributed by atoms with van der Waals surface area (Å²) in [6.45, 7) is 0. The quantitative estimate of drug-likeness (QED) is 0.670. The Morgan fingerprint density at radius 1 is 1.62 bits per heavy atom. The molecule has 1 unspecified atom stereocenters. The first-order chi connectivity index (χ1) is 6.15. The van der Waals surface area contributed by atoms with Crippen LogP contribution in [-0.4, -0.2) is 35.2 Å². The van der Waals surface area contributed by atoms with Crippen LogP contribution in [0, 0.1) is 5.92 Å². The minimum absolute atomic E-state index is 0.129. The highest BCUT2D eigenvalue weighted by molar-refractivity contribution is 8.01. The third kappa shape index (κ3) is 3.26. The van der Waals surface area contributed by atoms with Crippen molar-refractivity contribution in [2.24, 2.45) is 5.92 Å². The normalized spacial score (nSPS) is 17.9. The van der Waals surface area contributed by atoms with Crippen LogP contribution >= 0.6 is 11.8 Å². The maximum Gasteiger partial charge on any atom is 0.316 e. The van der Waals surface area contributed by atoms with E-state index >= 15 is 0 Å². The summed E-state index contributed by atoms with van der Waals surface area (Å²) in [6, 6.07) is 0. The number of hydrogen-bond acceptors (Lipinski definition) is 4. The Balaban J connectivity index is 2.30. The van der Waals surface area contributed by atoms with Gasteiger partial charge in [-0.2, -0.15) is 0 Å². The highest BCUT2D eigenvalue weighted by Gasteiger charge is 2.36. The van der Waals surface area contributed by atoms with Gasteiger partial charge >= 0.3 is 11.9 Å². The Bertz CT molecular complexity index is 212. The van der Waals surface area contributed by atoms with Gasteiger partial charge in [0.2, 0.25) is 0 Å². The van der Waals surface area contributed by atoms with Gasteiger partial charge in [-0.15, -0.1) is 11.8 Å². The number of rotatable bonds is 5. The molecule has 0 heterocycles. The number of hydrogen-bond donors (Lipinski definition) is 1. The van der Waals surface area contributed by atoms with Crippen molar-refractivity contribution in [3.8, 4) is 0 Å². The van der Waals surface area contributed by atoms with Crippen LogP contribution in [-0.2, 0) is 14.3 Å². The second kappa shape index (κ2) is 4.50. The van der Waals surface area contributed by atoms with Crippen molar-refractivity contribution in [3.63, 3.8) is 0 Å². The van der Waals surface area contributed by atoms with E-state index in [1.54, 1.807) is 0 Å². The number of esters is 1. The summed E-state index contributed by atoms with van der Waals surface area (Å²) in [6.07, 6.45) is 1.93. The lowest BCUT2D eigenvalue weighted by Gasteiger charge is -2.08. The number of carboxylic acid groups (broad SMARTS) is 1.